The molecule has 0 saturated heterocycles. The van der Waals surface area contributed by atoms with Crippen molar-refractivity contribution >= 4 is 11.6 Å². The summed E-state index contributed by atoms with van der Waals surface area (Å²) in [6, 6.07) is 13.5. The summed E-state index contributed by atoms with van der Waals surface area (Å²) in [7, 11) is 1.50. The smallest absolute Gasteiger partial charge is 0.128 e. The monoisotopic (exact) mass is 294 g/mol. The summed E-state index contributed by atoms with van der Waals surface area (Å²) in [6.07, 6.45) is 0.0519. The summed E-state index contributed by atoms with van der Waals surface area (Å²) in [5.74, 6) is -0.428. The molecule has 1 atom stereocenters. The van der Waals surface area contributed by atoms with Gasteiger partial charge in [0.05, 0.1) is 6.61 Å². The van der Waals surface area contributed by atoms with Crippen molar-refractivity contribution in [1.82, 2.24) is 0 Å². The molecule has 2 aromatic rings. The second-order valence-corrected chi connectivity index (χ2v) is 5.11. The molecule has 1 N–H and O–H groups in total. The van der Waals surface area contributed by atoms with Gasteiger partial charge >= 0.3 is 0 Å². The minimum atomic E-state index is -1.32. The summed E-state index contributed by atoms with van der Waals surface area (Å²) in [5.41, 5.74) is -0.360. The Morgan fingerprint density at radius 3 is 2.45 bits per heavy atom. The molecule has 0 aliphatic carbocycles. The zero-order chi connectivity index (χ0) is 14.6. The highest BCUT2D eigenvalue weighted by atomic mass is 35.5. The molecule has 0 heterocycles. The molecule has 0 radical (unpaired) electrons. The maximum absolute atomic E-state index is 13.9. The molecule has 20 heavy (non-hydrogen) atoms. The normalized spacial score (nSPS) is 14.0. The van der Waals surface area contributed by atoms with Crippen LogP contribution in [0.4, 0.5) is 4.39 Å². The van der Waals surface area contributed by atoms with E-state index in [2.05, 4.69) is 0 Å². The van der Waals surface area contributed by atoms with Crippen molar-refractivity contribution in [2.75, 3.05) is 13.7 Å². The van der Waals surface area contributed by atoms with Gasteiger partial charge in [-0.15, -0.1) is 0 Å². The topological polar surface area (TPSA) is 29.5 Å². The van der Waals surface area contributed by atoms with Gasteiger partial charge in [0.25, 0.3) is 0 Å². The van der Waals surface area contributed by atoms with Gasteiger partial charge in [-0.3, -0.25) is 0 Å². The average Bonchev–Trinajstić information content (AvgIpc) is 2.44. The van der Waals surface area contributed by atoms with Crippen LogP contribution in [0.25, 0.3) is 0 Å². The van der Waals surface area contributed by atoms with Crippen molar-refractivity contribution in [3.8, 4) is 0 Å². The van der Waals surface area contributed by atoms with Crippen molar-refractivity contribution in [1.29, 1.82) is 0 Å². The van der Waals surface area contributed by atoms with E-state index in [1.165, 1.54) is 13.2 Å². The lowest BCUT2D eigenvalue weighted by Gasteiger charge is -2.28. The van der Waals surface area contributed by atoms with Crippen molar-refractivity contribution in [2.24, 2.45) is 0 Å². The van der Waals surface area contributed by atoms with E-state index in [-0.39, 0.29) is 18.6 Å². The Hall–Kier alpha value is -1.42. The van der Waals surface area contributed by atoms with E-state index in [1.807, 2.05) is 18.2 Å². The Kier molecular flexibility index (Phi) is 4.76. The molecule has 2 aromatic carbocycles. The molecule has 0 saturated carbocycles. The molecule has 0 bridgehead atoms. The average molecular weight is 295 g/mol. The number of methoxy groups -OCH3 is 1. The zero-order valence-electron chi connectivity index (χ0n) is 11.1. The fourth-order valence-corrected chi connectivity index (χ4v) is 2.45. The Balaban J connectivity index is 2.40. The van der Waals surface area contributed by atoms with Gasteiger partial charge in [-0.1, -0.05) is 48.0 Å². The first-order chi connectivity index (χ1) is 9.57. The van der Waals surface area contributed by atoms with Crippen LogP contribution in [0.1, 0.15) is 11.1 Å². The van der Waals surface area contributed by atoms with E-state index < -0.39 is 11.4 Å². The number of benzene rings is 2. The van der Waals surface area contributed by atoms with Crippen LogP contribution in [0.2, 0.25) is 5.02 Å². The van der Waals surface area contributed by atoms with Crippen LogP contribution in [0.5, 0.6) is 0 Å². The fraction of sp³-hybridized carbons (Fsp3) is 0.250. The fourth-order valence-electron chi connectivity index (χ4n) is 2.22. The molecule has 0 aliphatic rings. The van der Waals surface area contributed by atoms with Crippen molar-refractivity contribution < 1.29 is 14.2 Å². The van der Waals surface area contributed by atoms with Crippen LogP contribution >= 0.6 is 11.6 Å². The predicted molar refractivity (Wildman–Crippen MR) is 77.3 cm³/mol. The quantitative estimate of drug-likeness (QED) is 0.914. The highest BCUT2D eigenvalue weighted by molar-refractivity contribution is 6.31. The van der Waals surface area contributed by atoms with E-state index in [0.717, 1.165) is 0 Å². The number of hydrogen-bond acceptors (Lipinski definition) is 2. The molecule has 4 heteroatoms. The molecular formula is C16H16ClFO2. The molecule has 0 fully saturated rings. The van der Waals surface area contributed by atoms with Gasteiger partial charge in [0.15, 0.2) is 0 Å². The second kappa shape index (κ2) is 6.35. The first kappa shape index (κ1) is 15.0. The van der Waals surface area contributed by atoms with Crippen LogP contribution in [-0.4, -0.2) is 18.8 Å². The highest BCUT2D eigenvalue weighted by Crippen LogP contribution is 2.30. The molecule has 1 unspecified atom stereocenters. The van der Waals surface area contributed by atoms with Crippen LogP contribution in [0, 0.1) is 5.82 Å². The highest BCUT2D eigenvalue weighted by Gasteiger charge is 2.31. The van der Waals surface area contributed by atoms with Crippen LogP contribution in [0.3, 0.4) is 0 Å². The van der Waals surface area contributed by atoms with E-state index in [0.29, 0.717) is 10.6 Å². The van der Waals surface area contributed by atoms with Gasteiger partial charge < -0.3 is 9.84 Å². The number of ether oxygens (including phenoxy) is 1. The van der Waals surface area contributed by atoms with Crippen molar-refractivity contribution in [3.05, 3.63) is 70.5 Å². The lowest BCUT2D eigenvalue weighted by molar-refractivity contribution is -0.0360. The molecular weight excluding hydrogens is 279 g/mol. The third-order valence-electron chi connectivity index (χ3n) is 3.23. The Morgan fingerprint density at radius 1 is 1.15 bits per heavy atom. The number of hydrogen-bond donors (Lipinski definition) is 1. The van der Waals surface area contributed by atoms with Gasteiger partial charge in [-0.25, -0.2) is 4.39 Å². The van der Waals surface area contributed by atoms with E-state index in [9.17, 15) is 9.50 Å². The van der Waals surface area contributed by atoms with E-state index in [1.54, 1.807) is 24.3 Å². The molecule has 106 valence electrons. The summed E-state index contributed by atoms with van der Waals surface area (Å²) >= 11 is 6.03. The van der Waals surface area contributed by atoms with Crippen LogP contribution < -0.4 is 0 Å². The molecule has 2 nitrogen and oxygen atoms in total. The van der Waals surface area contributed by atoms with Crippen molar-refractivity contribution in [3.63, 3.8) is 0 Å². The van der Waals surface area contributed by atoms with Crippen LogP contribution in [0.15, 0.2) is 48.5 Å². The number of halogens is 2. The predicted octanol–water partition coefficient (Wildman–Crippen LogP) is 3.56. The molecule has 0 aliphatic heterocycles. The molecule has 0 aromatic heterocycles. The minimum absolute atomic E-state index is 0.0519. The summed E-state index contributed by atoms with van der Waals surface area (Å²) in [4.78, 5) is 0. The first-order valence-electron chi connectivity index (χ1n) is 6.26. The van der Waals surface area contributed by atoms with Gasteiger partial charge in [-0.05, 0) is 17.7 Å². The van der Waals surface area contributed by atoms with E-state index in [4.69, 9.17) is 16.3 Å². The third-order valence-corrected chi connectivity index (χ3v) is 3.58. The molecule has 2 rings (SSSR count). The standard InChI is InChI=1S/C16H16ClFO2/c1-20-11-16(19,12-6-3-2-4-7-12)10-13-14(17)8-5-9-15(13)18/h2-9,19H,10-11H2,1H3. The van der Waals surface area contributed by atoms with E-state index >= 15 is 0 Å². The Bertz CT molecular complexity index is 554. The lowest BCUT2D eigenvalue weighted by Crippen LogP contribution is -2.34. The Labute approximate surface area is 122 Å². The molecule has 0 amide bonds. The zero-order valence-corrected chi connectivity index (χ0v) is 11.9. The van der Waals surface area contributed by atoms with Crippen molar-refractivity contribution in [2.45, 2.75) is 12.0 Å². The van der Waals surface area contributed by atoms with Crippen LogP contribution in [-0.2, 0) is 16.8 Å². The summed E-state index contributed by atoms with van der Waals surface area (Å²) in [5, 5.41) is 11.1. The van der Waals surface area contributed by atoms with Gasteiger partial charge in [0.1, 0.15) is 11.4 Å². The molecule has 0 spiro atoms. The van der Waals surface area contributed by atoms with Gasteiger partial charge in [0.2, 0.25) is 0 Å². The second-order valence-electron chi connectivity index (χ2n) is 4.71. The minimum Gasteiger partial charge on any atom is -0.382 e. The number of rotatable bonds is 5. The SMILES string of the molecule is COCC(O)(Cc1c(F)cccc1Cl)c1ccccc1. The largest absolute Gasteiger partial charge is 0.382 e. The maximum atomic E-state index is 13.9. The summed E-state index contributed by atoms with van der Waals surface area (Å²) in [6.45, 7) is 0.0572. The van der Waals surface area contributed by atoms with Gasteiger partial charge in [-0.2, -0.15) is 0 Å². The van der Waals surface area contributed by atoms with Gasteiger partial charge in [0, 0.05) is 24.1 Å². The third kappa shape index (κ3) is 3.18. The first-order valence-corrected chi connectivity index (χ1v) is 6.64. The summed E-state index contributed by atoms with van der Waals surface area (Å²) < 4.78 is 19.0. The maximum Gasteiger partial charge on any atom is 0.128 e. The Morgan fingerprint density at radius 2 is 1.85 bits per heavy atom. The number of aliphatic hydroxyl groups is 1. The lowest BCUT2D eigenvalue weighted by atomic mass is 9.87.